The van der Waals surface area contributed by atoms with E-state index in [0.717, 1.165) is 24.8 Å². The van der Waals surface area contributed by atoms with Crippen molar-refractivity contribution in [2.75, 3.05) is 20.8 Å². The van der Waals surface area contributed by atoms with Crippen LogP contribution >= 0.6 is 0 Å². The molecule has 1 aromatic rings. The Hall–Kier alpha value is -2.24. The van der Waals surface area contributed by atoms with Gasteiger partial charge in [-0.25, -0.2) is 5.43 Å². The summed E-state index contributed by atoms with van der Waals surface area (Å²) in [6.07, 6.45) is 8.41. The maximum absolute atomic E-state index is 13.3. The lowest BCUT2D eigenvalue weighted by Crippen LogP contribution is -2.59. The third kappa shape index (κ3) is 3.65. The van der Waals surface area contributed by atoms with Gasteiger partial charge < -0.3 is 14.2 Å². The van der Waals surface area contributed by atoms with Crippen molar-refractivity contribution in [2.45, 2.75) is 59.3 Å². The molecule has 2 atom stereocenters. The fourth-order valence-corrected chi connectivity index (χ4v) is 7.25. The number of methoxy groups -OCH3 is 2. The van der Waals surface area contributed by atoms with E-state index in [0.29, 0.717) is 40.6 Å². The van der Waals surface area contributed by atoms with Gasteiger partial charge >= 0.3 is 0 Å². The van der Waals surface area contributed by atoms with Crippen molar-refractivity contribution < 1.29 is 19.0 Å². The normalized spacial score (nSPS) is 34.2. The van der Waals surface area contributed by atoms with Crippen molar-refractivity contribution in [3.05, 3.63) is 17.7 Å². The highest BCUT2D eigenvalue weighted by molar-refractivity contribution is 5.87. The molecule has 2 unspecified atom stereocenters. The molecule has 5 rings (SSSR count). The lowest BCUT2D eigenvalue weighted by molar-refractivity contribution is -0.170. The second-order valence-corrected chi connectivity index (χ2v) is 10.3. The Labute approximate surface area is 179 Å². The smallest absolute Gasteiger partial charge is 0.246 e. The van der Waals surface area contributed by atoms with E-state index in [2.05, 4.69) is 24.4 Å². The number of carbonyl (C=O) groups excluding carboxylic acids is 1. The summed E-state index contributed by atoms with van der Waals surface area (Å²) < 4.78 is 16.5. The molecular formula is C24H34N2O4. The summed E-state index contributed by atoms with van der Waals surface area (Å²) in [4.78, 5) is 13.3. The van der Waals surface area contributed by atoms with E-state index in [4.69, 9.17) is 14.2 Å². The van der Waals surface area contributed by atoms with Crippen molar-refractivity contribution in [1.29, 1.82) is 0 Å². The van der Waals surface area contributed by atoms with Gasteiger partial charge in [-0.05, 0) is 74.3 Å². The highest BCUT2D eigenvalue weighted by Crippen LogP contribution is 2.69. The van der Waals surface area contributed by atoms with Gasteiger partial charge in [-0.15, -0.1) is 0 Å². The minimum atomic E-state index is -0.269. The number of hydrogen-bond donors (Lipinski definition) is 1. The third-order valence-corrected chi connectivity index (χ3v) is 7.26. The number of carbonyl (C=O) groups is 1. The van der Waals surface area contributed by atoms with Gasteiger partial charge in [0.15, 0.2) is 11.5 Å². The molecule has 4 aliphatic rings. The van der Waals surface area contributed by atoms with E-state index in [1.165, 1.54) is 19.3 Å². The molecule has 4 saturated carbocycles. The zero-order valence-corrected chi connectivity index (χ0v) is 18.8. The SMILES string of the molecule is CCOc1c(OC)cc(/C=N/NC(=O)C23CC4CC(C)(CC(C)(C4)C2)C3)cc1OC. The van der Waals surface area contributed by atoms with Crippen LogP contribution in [-0.4, -0.2) is 32.9 Å². The van der Waals surface area contributed by atoms with Gasteiger partial charge in [-0.2, -0.15) is 5.10 Å². The third-order valence-electron chi connectivity index (χ3n) is 7.26. The first-order chi connectivity index (χ1) is 14.2. The molecule has 1 amide bonds. The Morgan fingerprint density at radius 1 is 1.10 bits per heavy atom. The van der Waals surface area contributed by atoms with E-state index in [9.17, 15) is 4.79 Å². The highest BCUT2D eigenvalue weighted by atomic mass is 16.5. The number of hydrazone groups is 1. The fraction of sp³-hybridized carbons (Fsp3) is 0.667. The molecule has 0 spiro atoms. The zero-order chi connectivity index (χ0) is 21.6. The number of amides is 1. The Morgan fingerprint density at radius 3 is 2.20 bits per heavy atom. The summed E-state index contributed by atoms with van der Waals surface area (Å²) in [6.45, 7) is 7.17. The standard InChI is InChI=1S/C24H34N2O4/c1-6-30-20-18(28-4)7-16(8-19(20)29-5)12-25-26-21(27)24-11-17-9-22(2,14-24)13-23(3,10-17)15-24/h7-8,12,17H,6,9-11,13-15H2,1-5H3,(H,26,27)/b25-12+. The molecule has 1 aromatic carbocycles. The van der Waals surface area contributed by atoms with Gasteiger partial charge in [-0.3, -0.25) is 4.79 Å². The van der Waals surface area contributed by atoms with Gasteiger partial charge in [0.05, 0.1) is 32.5 Å². The summed E-state index contributed by atoms with van der Waals surface area (Å²) >= 11 is 0. The molecule has 0 radical (unpaired) electrons. The maximum atomic E-state index is 13.3. The van der Waals surface area contributed by atoms with Crippen molar-refractivity contribution in [3.63, 3.8) is 0 Å². The molecule has 6 heteroatoms. The maximum Gasteiger partial charge on any atom is 0.246 e. The van der Waals surface area contributed by atoms with Crippen LogP contribution in [-0.2, 0) is 4.79 Å². The highest BCUT2D eigenvalue weighted by Gasteiger charge is 2.62. The van der Waals surface area contributed by atoms with Crippen LogP contribution in [0.25, 0.3) is 0 Å². The van der Waals surface area contributed by atoms with Crippen LogP contribution in [0.1, 0.15) is 64.9 Å². The van der Waals surface area contributed by atoms with Crippen LogP contribution in [0.15, 0.2) is 17.2 Å². The molecule has 0 heterocycles. The number of hydrogen-bond acceptors (Lipinski definition) is 5. The summed E-state index contributed by atoms with van der Waals surface area (Å²) in [7, 11) is 3.18. The molecule has 4 fully saturated rings. The number of ether oxygens (including phenoxy) is 3. The average molecular weight is 415 g/mol. The Bertz CT molecular complexity index is 822. The lowest BCUT2D eigenvalue weighted by Gasteiger charge is -2.64. The second-order valence-electron chi connectivity index (χ2n) is 10.3. The minimum absolute atomic E-state index is 0.0742. The van der Waals surface area contributed by atoms with Crippen LogP contribution in [0, 0.1) is 22.2 Å². The predicted molar refractivity (Wildman–Crippen MR) is 116 cm³/mol. The summed E-state index contributed by atoms with van der Waals surface area (Å²) in [5.41, 5.74) is 3.95. The van der Waals surface area contributed by atoms with Crippen LogP contribution in [0.4, 0.5) is 0 Å². The van der Waals surface area contributed by atoms with E-state index < -0.39 is 0 Å². The monoisotopic (exact) mass is 414 g/mol. The van der Waals surface area contributed by atoms with E-state index >= 15 is 0 Å². The van der Waals surface area contributed by atoms with E-state index in [1.54, 1.807) is 20.4 Å². The first kappa shape index (κ1) is 21.0. The molecule has 0 aliphatic heterocycles. The molecule has 0 saturated heterocycles. The van der Waals surface area contributed by atoms with Crippen molar-refractivity contribution in [3.8, 4) is 17.2 Å². The van der Waals surface area contributed by atoms with Gasteiger partial charge in [-0.1, -0.05) is 13.8 Å². The first-order valence-corrected chi connectivity index (χ1v) is 11.0. The number of nitrogens with zero attached hydrogens (tertiary/aromatic N) is 1. The topological polar surface area (TPSA) is 69.2 Å². The largest absolute Gasteiger partial charge is 0.493 e. The predicted octanol–water partition coefficient (Wildman–Crippen LogP) is 4.55. The summed E-state index contributed by atoms with van der Waals surface area (Å²) in [6, 6.07) is 3.66. The Balaban J connectivity index is 1.51. The van der Waals surface area contributed by atoms with Gasteiger partial charge in [0, 0.05) is 5.56 Å². The Morgan fingerprint density at radius 2 is 1.70 bits per heavy atom. The summed E-state index contributed by atoms with van der Waals surface area (Å²) in [5.74, 6) is 2.46. The van der Waals surface area contributed by atoms with Crippen molar-refractivity contribution in [2.24, 2.45) is 27.3 Å². The molecule has 30 heavy (non-hydrogen) atoms. The van der Waals surface area contributed by atoms with Gasteiger partial charge in [0.2, 0.25) is 11.7 Å². The fourth-order valence-electron chi connectivity index (χ4n) is 7.25. The lowest BCUT2D eigenvalue weighted by atomic mass is 9.40. The zero-order valence-electron chi connectivity index (χ0n) is 18.8. The van der Waals surface area contributed by atoms with Crippen molar-refractivity contribution >= 4 is 12.1 Å². The molecule has 1 N–H and O–H groups in total. The quantitative estimate of drug-likeness (QED) is 0.525. The van der Waals surface area contributed by atoms with Crippen molar-refractivity contribution in [1.82, 2.24) is 5.43 Å². The van der Waals surface area contributed by atoms with Crippen LogP contribution in [0.2, 0.25) is 0 Å². The van der Waals surface area contributed by atoms with E-state index in [-0.39, 0.29) is 11.3 Å². The average Bonchev–Trinajstić information content (AvgIpc) is 2.65. The van der Waals surface area contributed by atoms with Gasteiger partial charge in [0.25, 0.3) is 0 Å². The molecule has 6 nitrogen and oxygen atoms in total. The molecule has 4 aliphatic carbocycles. The van der Waals surface area contributed by atoms with Gasteiger partial charge in [0.1, 0.15) is 0 Å². The molecule has 4 bridgehead atoms. The number of nitrogens with one attached hydrogen (secondary N) is 1. The molecule has 0 aromatic heterocycles. The Kier molecular flexibility index (Phi) is 5.23. The number of benzene rings is 1. The minimum Gasteiger partial charge on any atom is -0.493 e. The van der Waals surface area contributed by atoms with E-state index in [1.807, 2.05) is 19.1 Å². The van der Waals surface area contributed by atoms with Crippen LogP contribution < -0.4 is 19.6 Å². The van der Waals surface area contributed by atoms with Crippen LogP contribution in [0.5, 0.6) is 17.2 Å². The molecular weight excluding hydrogens is 380 g/mol. The second kappa shape index (κ2) is 7.47. The van der Waals surface area contributed by atoms with Crippen LogP contribution in [0.3, 0.4) is 0 Å². The molecule has 164 valence electrons. The summed E-state index contributed by atoms with van der Waals surface area (Å²) in [5, 5.41) is 4.29. The number of rotatable bonds is 7. The first-order valence-electron chi connectivity index (χ1n) is 11.0.